The zero-order valence-electron chi connectivity index (χ0n) is 12.9. The summed E-state index contributed by atoms with van der Waals surface area (Å²) >= 11 is 0. The van der Waals surface area contributed by atoms with E-state index in [1.54, 1.807) is 0 Å². The van der Waals surface area contributed by atoms with Crippen molar-refractivity contribution >= 4 is 24.0 Å². The molecule has 1 aliphatic heterocycles. The number of hydrogen-bond donors (Lipinski definition) is 2. The van der Waals surface area contributed by atoms with Gasteiger partial charge in [0.1, 0.15) is 0 Å². The first-order valence-corrected chi connectivity index (χ1v) is 7.71. The molecule has 0 aromatic heterocycles. The summed E-state index contributed by atoms with van der Waals surface area (Å²) in [5, 5.41) is 6.59. The first kappa shape index (κ1) is 16.3. The number of anilines is 1. The largest absolute Gasteiger partial charge is 0.326 e. The molecule has 0 radical (unpaired) electrons. The number of amides is 1. The topological polar surface area (TPSA) is 41.1 Å². The third kappa shape index (κ3) is 2.95. The van der Waals surface area contributed by atoms with Crippen LogP contribution in [0.2, 0.25) is 0 Å². The smallest absolute Gasteiger partial charge is 0.232 e. The Hall–Kier alpha value is -1.06. The summed E-state index contributed by atoms with van der Waals surface area (Å²) in [4.78, 5) is 12.8. The molecular formula is C17H25ClN2O. The minimum atomic E-state index is -0.170. The lowest BCUT2D eigenvalue weighted by atomic mass is 9.67. The normalized spacial score (nSPS) is 27.6. The fourth-order valence-electron chi connectivity index (χ4n) is 3.77. The van der Waals surface area contributed by atoms with E-state index in [-0.39, 0.29) is 23.7 Å². The van der Waals surface area contributed by atoms with Crippen LogP contribution < -0.4 is 10.6 Å². The molecule has 1 saturated heterocycles. The standard InChI is InChI=1S/C17H24N2O.ClH/c1-12-6-7-15(9-13(12)2)19-16(20)17-8-4-3-5-14(17)10-18-11-17;/h6-7,9,14,18H,3-5,8,10-11H2,1-2H3,(H,19,20);1H/t14-,17+;/m0./s1. The van der Waals surface area contributed by atoms with Crippen molar-refractivity contribution in [1.82, 2.24) is 5.32 Å². The van der Waals surface area contributed by atoms with Gasteiger partial charge in [0.2, 0.25) is 5.91 Å². The highest BCUT2D eigenvalue weighted by molar-refractivity contribution is 5.96. The maximum absolute atomic E-state index is 12.8. The molecular weight excluding hydrogens is 284 g/mol. The number of halogens is 1. The number of hydrogen-bond acceptors (Lipinski definition) is 2. The maximum atomic E-state index is 12.8. The predicted octanol–water partition coefficient (Wildman–Crippen LogP) is 3.44. The summed E-state index contributed by atoms with van der Waals surface area (Å²) in [6.45, 7) is 6.02. The van der Waals surface area contributed by atoms with E-state index in [4.69, 9.17) is 0 Å². The van der Waals surface area contributed by atoms with Gasteiger partial charge in [-0.3, -0.25) is 4.79 Å². The maximum Gasteiger partial charge on any atom is 0.232 e. The van der Waals surface area contributed by atoms with Gasteiger partial charge in [0, 0.05) is 12.2 Å². The van der Waals surface area contributed by atoms with E-state index in [1.165, 1.54) is 30.4 Å². The van der Waals surface area contributed by atoms with Gasteiger partial charge in [-0.15, -0.1) is 12.4 Å². The monoisotopic (exact) mass is 308 g/mol. The van der Waals surface area contributed by atoms with E-state index in [2.05, 4.69) is 36.6 Å². The van der Waals surface area contributed by atoms with Gasteiger partial charge in [-0.05, 0) is 62.4 Å². The fourth-order valence-corrected chi connectivity index (χ4v) is 3.77. The molecule has 3 rings (SSSR count). The van der Waals surface area contributed by atoms with Crippen LogP contribution >= 0.6 is 12.4 Å². The summed E-state index contributed by atoms with van der Waals surface area (Å²) in [5.41, 5.74) is 3.25. The highest BCUT2D eigenvalue weighted by Crippen LogP contribution is 2.44. The number of rotatable bonds is 2. The Morgan fingerprint density at radius 1 is 1.29 bits per heavy atom. The Balaban J connectivity index is 0.00000161. The Bertz CT molecular complexity index is 532. The van der Waals surface area contributed by atoms with E-state index < -0.39 is 0 Å². The molecule has 1 saturated carbocycles. The van der Waals surface area contributed by atoms with E-state index in [0.29, 0.717) is 5.92 Å². The van der Waals surface area contributed by atoms with Crippen molar-refractivity contribution in [3.05, 3.63) is 29.3 Å². The van der Waals surface area contributed by atoms with E-state index >= 15 is 0 Å². The Kier molecular flexibility index (Phi) is 4.95. The van der Waals surface area contributed by atoms with Crippen LogP contribution in [0.4, 0.5) is 5.69 Å². The van der Waals surface area contributed by atoms with Gasteiger partial charge in [0.05, 0.1) is 5.41 Å². The molecule has 2 atom stereocenters. The highest BCUT2D eigenvalue weighted by Gasteiger charge is 2.49. The van der Waals surface area contributed by atoms with Gasteiger partial charge in [-0.1, -0.05) is 18.9 Å². The first-order valence-electron chi connectivity index (χ1n) is 7.71. The molecule has 2 fully saturated rings. The molecule has 1 heterocycles. The second-order valence-corrected chi connectivity index (χ2v) is 6.48. The minimum absolute atomic E-state index is 0. The van der Waals surface area contributed by atoms with E-state index in [1.807, 2.05) is 6.07 Å². The number of carbonyl (C=O) groups excluding carboxylic acids is 1. The summed E-state index contributed by atoms with van der Waals surface area (Å²) in [6.07, 6.45) is 4.66. The average molecular weight is 309 g/mol. The van der Waals surface area contributed by atoms with Crippen LogP contribution in [-0.2, 0) is 4.79 Å². The van der Waals surface area contributed by atoms with Crippen molar-refractivity contribution in [2.24, 2.45) is 11.3 Å². The zero-order valence-corrected chi connectivity index (χ0v) is 13.7. The van der Waals surface area contributed by atoms with Gasteiger partial charge >= 0.3 is 0 Å². The van der Waals surface area contributed by atoms with Gasteiger partial charge in [-0.25, -0.2) is 0 Å². The summed E-state index contributed by atoms with van der Waals surface area (Å²) < 4.78 is 0. The molecule has 1 aromatic rings. The molecule has 2 N–H and O–H groups in total. The number of nitrogens with one attached hydrogen (secondary N) is 2. The van der Waals surface area contributed by atoms with Crippen molar-refractivity contribution in [2.75, 3.05) is 18.4 Å². The molecule has 1 amide bonds. The Morgan fingerprint density at radius 2 is 2.10 bits per heavy atom. The molecule has 3 nitrogen and oxygen atoms in total. The van der Waals surface area contributed by atoms with Gasteiger partial charge in [-0.2, -0.15) is 0 Å². The Morgan fingerprint density at radius 3 is 2.86 bits per heavy atom. The quantitative estimate of drug-likeness (QED) is 0.878. The third-order valence-corrected chi connectivity index (χ3v) is 5.26. The van der Waals surface area contributed by atoms with Crippen LogP contribution in [-0.4, -0.2) is 19.0 Å². The lowest BCUT2D eigenvalue weighted by Crippen LogP contribution is -2.44. The molecule has 1 aromatic carbocycles. The van der Waals surface area contributed by atoms with Crippen molar-refractivity contribution in [2.45, 2.75) is 39.5 Å². The van der Waals surface area contributed by atoms with Crippen LogP contribution in [0.15, 0.2) is 18.2 Å². The molecule has 0 unspecified atom stereocenters. The molecule has 21 heavy (non-hydrogen) atoms. The second kappa shape index (κ2) is 6.37. The molecule has 2 aliphatic rings. The summed E-state index contributed by atoms with van der Waals surface area (Å²) in [7, 11) is 0. The lowest BCUT2D eigenvalue weighted by molar-refractivity contribution is -0.128. The third-order valence-electron chi connectivity index (χ3n) is 5.26. The first-order chi connectivity index (χ1) is 9.62. The number of benzene rings is 1. The van der Waals surface area contributed by atoms with E-state index in [0.717, 1.165) is 25.2 Å². The number of carbonyl (C=O) groups is 1. The van der Waals surface area contributed by atoms with Crippen molar-refractivity contribution in [3.8, 4) is 0 Å². The van der Waals surface area contributed by atoms with Crippen molar-refractivity contribution in [1.29, 1.82) is 0 Å². The van der Waals surface area contributed by atoms with E-state index in [9.17, 15) is 4.79 Å². The zero-order chi connectivity index (χ0) is 14.2. The highest BCUT2D eigenvalue weighted by atomic mass is 35.5. The summed E-state index contributed by atoms with van der Waals surface area (Å²) in [5.74, 6) is 0.734. The van der Waals surface area contributed by atoms with Crippen LogP contribution in [0.25, 0.3) is 0 Å². The minimum Gasteiger partial charge on any atom is -0.326 e. The average Bonchev–Trinajstić information content (AvgIpc) is 2.88. The van der Waals surface area contributed by atoms with Gasteiger partial charge in [0.25, 0.3) is 0 Å². The molecule has 0 bridgehead atoms. The Labute approximate surface area is 133 Å². The van der Waals surface area contributed by atoms with Crippen LogP contribution in [0.3, 0.4) is 0 Å². The SMILES string of the molecule is Cc1ccc(NC(=O)[C@@]23CCCC[C@H]2CNC3)cc1C.Cl. The molecule has 4 heteroatoms. The van der Waals surface area contributed by atoms with Crippen LogP contribution in [0.5, 0.6) is 0 Å². The molecule has 116 valence electrons. The molecule has 0 spiro atoms. The van der Waals surface area contributed by atoms with Gasteiger partial charge in [0.15, 0.2) is 0 Å². The van der Waals surface area contributed by atoms with Crippen LogP contribution in [0.1, 0.15) is 36.8 Å². The second-order valence-electron chi connectivity index (χ2n) is 6.48. The van der Waals surface area contributed by atoms with Gasteiger partial charge < -0.3 is 10.6 Å². The van der Waals surface area contributed by atoms with Crippen molar-refractivity contribution < 1.29 is 4.79 Å². The molecule has 1 aliphatic carbocycles. The fraction of sp³-hybridized carbons (Fsp3) is 0.588. The lowest BCUT2D eigenvalue weighted by Gasteiger charge is -2.37. The van der Waals surface area contributed by atoms with Crippen LogP contribution in [0, 0.1) is 25.2 Å². The number of aryl methyl sites for hydroxylation is 2. The number of fused-ring (bicyclic) bond motifs is 1. The summed E-state index contributed by atoms with van der Waals surface area (Å²) in [6, 6.07) is 6.16. The predicted molar refractivity (Wildman–Crippen MR) is 89.1 cm³/mol. The van der Waals surface area contributed by atoms with Crippen molar-refractivity contribution in [3.63, 3.8) is 0 Å².